The van der Waals surface area contributed by atoms with Gasteiger partial charge in [-0.15, -0.1) is 0 Å². The van der Waals surface area contributed by atoms with Crippen molar-refractivity contribution in [1.82, 2.24) is 4.90 Å². The van der Waals surface area contributed by atoms with E-state index in [-0.39, 0.29) is 4.99 Å². The summed E-state index contributed by atoms with van der Waals surface area (Å²) in [5.41, 5.74) is 7.06. The highest BCUT2D eigenvalue weighted by Gasteiger charge is 2.31. The number of likely N-dealkylation sites (tertiary alicyclic amines) is 1. The number of fused-ring (bicyclic) bond motifs is 1. The van der Waals surface area contributed by atoms with Gasteiger partial charge in [-0.1, -0.05) is 31.5 Å². The van der Waals surface area contributed by atoms with Gasteiger partial charge >= 0.3 is 0 Å². The normalized spacial score (nSPS) is 29.0. The first kappa shape index (κ1) is 13.4. The largest absolute Gasteiger partial charge is 0.389 e. The summed E-state index contributed by atoms with van der Waals surface area (Å²) in [6.45, 7) is 4.09. The molecule has 1 aliphatic heterocycles. The van der Waals surface area contributed by atoms with Crippen molar-refractivity contribution in [2.45, 2.75) is 39.0 Å². The van der Waals surface area contributed by atoms with Crippen LogP contribution in [0.2, 0.25) is 0 Å². The van der Waals surface area contributed by atoms with Crippen LogP contribution in [0.3, 0.4) is 0 Å². The lowest BCUT2D eigenvalue weighted by Gasteiger charge is -2.42. The molecule has 2 N–H and O–H groups in total. The van der Waals surface area contributed by atoms with Crippen molar-refractivity contribution in [3.63, 3.8) is 0 Å². The summed E-state index contributed by atoms with van der Waals surface area (Å²) < 4.78 is 0. The Hall–Kier alpha value is -1.08. The summed E-state index contributed by atoms with van der Waals surface area (Å²) in [4.78, 5) is 2.53. The molecule has 3 nitrogen and oxygen atoms in total. The summed E-state index contributed by atoms with van der Waals surface area (Å²) in [5.74, 6) is 1.70. The topological polar surface area (TPSA) is 53.1 Å². The van der Waals surface area contributed by atoms with E-state index < -0.39 is 0 Å². The van der Waals surface area contributed by atoms with Crippen LogP contribution in [0, 0.1) is 23.2 Å². The van der Waals surface area contributed by atoms with E-state index in [1.807, 2.05) is 6.92 Å². The third kappa shape index (κ3) is 2.67. The Morgan fingerprint density at radius 3 is 2.56 bits per heavy atom. The number of rotatable bonds is 2. The molecule has 1 aliphatic carbocycles. The van der Waals surface area contributed by atoms with E-state index in [0.29, 0.717) is 5.57 Å². The third-order valence-corrected chi connectivity index (χ3v) is 4.69. The fraction of sp³-hybridized carbons (Fsp3) is 0.714. The van der Waals surface area contributed by atoms with Crippen LogP contribution in [-0.4, -0.2) is 23.0 Å². The maximum absolute atomic E-state index is 9.13. The van der Waals surface area contributed by atoms with Crippen molar-refractivity contribution < 1.29 is 0 Å². The van der Waals surface area contributed by atoms with E-state index in [1.165, 1.54) is 32.1 Å². The highest BCUT2D eigenvalue weighted by molar-refractivity contribution is 7.80. The average molecular weight is 263 g/mol. The molecule has 2 atom stereocenters. The molecule has 98 valence electrons. The quantitative estimate of drug-likeness (QED) is 0.472. The van der Waals surface area contributed by atoms with E-state index >= 15 is 0 Å². The molecule has 0 spiro atoms. The van der Waals surface area contributed by atoms with Gasteiger partial charge in [0.15, 0.2) is 0 Å². The van der Waals surface area contributed by atoms with Gasteiger partial charge in [-0.05, 0) is 31.6 Å². The number of nitrogens with two attached hydrogens (primary N) is 1. The minimum Gasteiger partial charge on any atom is -0.389 e. The number of allylic oxidation sites excluding steroid dienone is 1. The zero-order valence-corrected chi connectivity index (χ0v) is 11.8. The van der Waals surface area contributed by atoms with Gasteiger partial charge < -0.3 is 10.6 Å². The highest BCUT2D eigenvalue weighted by Crippen LogP contribution is 2.37. The van der Waals surface area contributed by atoms with Gasteiger partial charge in [-0.2, -0.15) is 5.26 Å². The van der Waals surface area contributed by atoms with Crippen molar-refractivity contribution in [1.29, 1.82) is 5.26 Å². The minimum absolute atomic E-state index is 0.223. The fourth-order valence-electron chi connectivity index (χ4n) is 3.38. The van der Waals surface area contributed by atoms with Crippen molar-refractivity contribution in [2.75, 3.05) is 13.1 Å². The SMILES string of the molecule is C/C(=C(\C#N)C(N)=S)N1CC[C@H]2CCCC[C@H]2C1. The van der Waals surface area contributed by atoms with Gasteiger partial charge in [0.1, 0.15) is 16.6 Å². The smallest absolute Gasteiger partial charge is 0.116 e. The second-order valence-electron chi connectivity index (χ2n) is 5.48. The molecule has 0 aromatic heterocycles. The summed E-state index contributed by atoms with van der Waals surface area (Å²) in [7, 11) is 0. The predicted octanol–water partition coefficient (Wildman–Crippen LogP) is 2.58. The first-order chi connectivity index (χ1) is 8.63. The van der Waals surface area contributed by atoms with Crippen LogP contribution in [-0.2, 0) is 0 Å². The Labute approximate surface area is 115 Å². The maximum atomic E-state index is 9.13. The molecule has 0 aromatic carbocycles. The van der Waals surface area contributed by atoms with Gasteiger partial charge in [-0.25, -0.2) is 0 Å². The first-order valence-electron chi connectivity index (χ1n) is 6.79. The van der Waals surface area contributed by atoms with Gasteiger partial charge in [0.25, 0.3) is 0 Å². The van der Waals surface area contributed by atoms with Crippen LogP contribution in [0.4, 0.5) is 0 Å². The van der Waals surface area contributed by atoms with Crippen molar-refractivity contribution in [3.05, 3.63) is 11.3 Å². The van der Waals surface area contributed by atoms with Crippen molar-refractivity contribution >= 4 is 17.2 Å². The molecule has 2 aliphatic rings. The van der Waals surface area contributed by atoms with Crippen LogP contribution in [0.25, 0.3) is 0 Å². The van der Waals surface area contributed by atoms with E-state index in [1.54, 1.807) is 0 Å². The second-order valence-corrected chi connectivity index (χ2v) is 5.92. The van der Waals surface area contributed by atoms with E-state index in [0.717, 1.165) is 30.6 Å². The lowest BCUT2D eigenvalue weighted by atomic mass is 9.75. The summed E-state index contributed by atoms with van der Waals surface area (Å²) in [6.07, 6.45) is 6.73. The molecule has 2 fully saturated rings. The number of nitrogens with zero attached hydrogens (tertiary/aromatic N) is 2. The molecule has 18 heavy (non-hydrogen) atoms. The van der Waals surface area contributed by atoms with E-state index in [2.05, 4.69) is 11.0 Å². The lowest BCUT2D eigenvalue weighted by molar-refractivity contribution is 0.109. The molecule has 1 heterocycles. The molecule has 0 radical (unpaired) electrons. The maximum Gasteiger partial charge on any atom is 0.116 e. The molecule has 2 rings (SSSR count). The van der Waals surface area contributed by atoms with Gasteiger partial charge in [-0.3, -0.25) is 0 Å². The van der Waals surface area contributed by atoms with Gasteiger partial charge in [0.05, 0.1) is 0 Å². The van der Waals surface area contributed by atoms with Gasteiger partial charge in [0.2, 0.25) is 0 Å². The number of thiocarbonyl (C=S) groups is 1. The molecule has 0 amide bonds. The summed E-state index contributed by atoms with van der Waals surface area (Å²) in [5, 5.41) is 9.13. The molecule has 0 bridgehead atoms. The second kappa shape index (κ2) is 5.71. The zero-order valence-electron chi connectivity index (χ0n) is 11.0. The standard InChI is InChI=1S/C14H21N3S/c1-10(13(8-15)14(16)18)17-7-6-11-4-2-3-5-12(11)9-17/h11-12H,2-7,9H2,1H3,(H2,16,18)/b13-10-/t11-,12+/m1/s1. The average Bonchev–Trinajstić information content (AvgIpc) is 2.38. The first-order valence-corrected chi connectivity index (χ1v) is 7.20. The van der Waals surface area contributed by atoms with Gasteiger partial charge in [0, 0.05) is 18.8 Å². The highest BCUT2D eigenvalue weighted by atomic mass is 32.1. The van der Waals surface area contributed by atoms with E-state index in [9.17, 15) is 0 Å². The lowest BCUT2D eigenvalue weighted by Crippen LogP contribution is -2.41. The number of nitriles is 1. The van der Waals surface area contributed by atoms with Crippen LogP contribution >= 0.6 is 12.2 Å². The Kier molecular flexibility index (Phi) is 4.23. The Morgan fingerprint density at radius 2 is 1.94 bits per heavy atom. The molecule has 4 heteroatoms. The summed E-state index contributed by atoms with van der Waals surface area (Å²) >= 11 is 4.95. The number of piperidine rings is 1. The Balaban J connectivity index is 2.11. The fourth-order valence-corrected chi connectivity index (χ4v) is 3.57. The van der Waals surface area contributed by atoms with E-state index in [4.69, 9.17) is 23.2 Å². The zero-order chi connectivity index (χ0) is 13.1. The molecule has 1 saturated carbocycles. The number of hydrogen-bond acceptors (Lipinski definition) is 3. The monoisotopic (exact) mass is 263 g/mol. The van der Waals surface area contributed by atoms with Crippen LogP contribution < -0.4 is 5.73 Å². The molecular formula is C14H21N3S. The molecule has 0 aromatic rings. The Morgan fingerprint density at radius 1 is 1.28 bits per heavy atom. The van der Waals surface area contributed by atoms with Crippen LogP contribution in [0.15, 0.2) is 11.3 Å². The molecule has 0 unspecified atom stereocenters. The van der Waals surface area contributed by atoms with Crippen LogP contribution in [0.1, 0.15) is 39.0 Å². The predicted molar refractivity (Wildman–Crippen MR) is 76.7 cm³/mol. The molecule has 1 saturated heterocycles. The van der Waals surface area contributed by atoms with Crippen molar-refractivity contribution in [2.24, 2.45) is 17.6 Å². The minimum atomic E-state index is 0.223. The number of hydrogen-bond donors (Lipinski definition) is 1. The Bertz CT molecular complexity index is 408. The summed E-state index contributed by atoms with van der Waals surface area (Å²) in [6, 6.07) is 2.14. The molecular weight excluding hydrogens is 242 g/mol. The third-order valence-electron chi connectivity index (χ3n) is 4.49. The van der Waals surface area contributed by atoms with Crippen LogP contribution in [0.5, 0.6) is 0 Å². The van der Waals surface area contributed by atoms with Crippen molar-refractivity contribution in [3.8, 4) is 6.07 Å².